The van der Waals surface area contributed by atoms with E-state index in [1.165, 1.54) is 17.0 Å². The molecule has 1 aromatic heterocycles. The molecule has 0 radical (unpaired) electrons. The predicted molar refractivity (Wildman–Crippen MR) is 172 cm³/mol. The standard InChI is InChI=1S/C29H23I2N3O4S/c30-20-14-19(27(24(31)15-20)38-17-18-10-12-22(13-11-18)34(36)37)16-32-29-26(23-8-4-5-9-25(23)39-29)28(35)33-21-6-2-1-3-7-21/h1-3,6-7,10-16H,4-5,8-9,17H2,(H,33,35). The van der Waals surface area contributed by atoms with E-state index >= 15 is 0 Å². The van der Waals surface area contributed by atoms with Gasteiger partial charge in [-0.05, 0) is 118 Å². The van der Waals surface area contributed by atoms with Crippen LogP contribution in [0.2, 0.25) is 0 Å². The number of hydrogen-bond acceptors (Lipinski definition) is 6. The number of hydrogen-bond donors (Lipinski definition) is 1. The third-order valence-corrected chi connectivity index (χ3v) is 8.92. The summed E-state index contributed by atoms with van der Waals surface area (Å²) >= 11 is 6.09. The van der Waals surface area contributed by atoms with Gasteiger partial charge in [0.05, 0.1) is 14.1 Å². The van der Waals surface area contributed by atoms with Crippen LogP contribution >= 0.6 is 56.5 Å². The molecule has 7 nitrogen and oxygen atoms in total. The zero-order valence-electron chi connectivity index (χ0n) is 20.7. The van der Waals surface area contributed by atoms with Gasteiger partial charge in [0.15, 0.2) is 0 Å². The van der Waals surface area contributed by atoms with E-state index < -0.39 is 4.92 Å². The van der Waals surface area contributed by atoms with Gasteiger partial charge in [0.1, 0.15) is 17.4 Å². The van der Waals surface area contributed by atoms with Gasteiger partial charge in [0, 0.05) is 38.0 Å². The van der Waals surface area contributed by atoms with Crippen molar-refractivity contribution < 1.29 is 14.5 Å². The Bertz CT molecular complexity index is 1550. The summed E-state index contributed by atoms with van der Waals surface area (Å²) < 4.78 is 8.15. The van der Waals surface area contributed by atoms with Crippen LogP contribution in [0.5, 0.6) is 5.75 Å². The molecule has 3 aromatic carbocycles. The highest BCUT2D eigenvalue weighted by atomic mass is 127. The second-order valence-corrected chi connectivity index (χ2v) is 12.5. The molecule has 1 heterocycles. The molecule has 0 saturated carbocycles. The van der Waals surface area contributed by atoms with E-state index in [1.807, 2.05) is 42.5 Å². The van der Waals surface area contributed by atoms with Gasteiger partial charge < -0.3 is 10.1 Å². The smallest absolute Gasteiger partial charge is 0.269 e. The first-order valence-electron chi connectivity index (χ1n) is 12.3. The molecule has 0 bridgehead atoms. The van der Waals surface area contributed by atoms with E-state index in [-0.39, 0.29) is 18.2 Å². The highest BCUT2D eigenvalue weighted by Gasteiger charge is 2.25. The minimum absolute atomic E-state index is 0.0427. The van der Waals surface area contributed by atoms with E-state index in [0.717, 1.165) is 55.2 Å². The first kappa shape index (κ1) is 27.7. The fourth-order valence-corrected chi connectivity index (χ4v) is 7.69. The van der Waals surface area contributed by atoms with E-state index in [4.69, 9.17) is 9.73 Å². The third kappa shape index (κ3) is 6.67. The summed E-state index contributed by atoms with van der Waals surface area (Å²) in [6.45, 7) is 0.257. The molecule has 0 aliphatic heterocycles. The maximum Gasteiger partial charge on any atom is 0.269 e. The highest BCUT2D eigenvalue weighted by molar-refractivity contribution is 14.1. The van der Waals surface area contributed by atoms with Crippen LogP contribution in [0.15, 0.2) is 71.7 Å². The summed E-state index contributed by atoms with van der Waals surface area (Å²) in [5.74, 6) is 0.536. The lowest BCUT2D eigenvalue weighted by molar-refractivity contribution is -0.384. The Morgan fingerprint density at radius 3 is 2.56 bits per heavy atom. The monoisotopic (exact) mass is 763 g/mol. The van der Waals surface area contributed by atoms with Crippen LogP contribution in [0.25, 0.3) is 0 Å². The molecule has 39 heavy (non-hydrogen) atoms. The lowest BCUT2D eigenvalue weighted by Gasteiger charge is -2.13. The number of carbonyl (C=O) groups excluding carboxylic acids is 1. The summed E-state index contributed by atoms with van der Waals surface area (Å²) in [5, 5.41) is 14.7. The number of aryl methyl sites for hydroxylation is 1. The lowest BCUT2D eigenvalue weighted by atomic mass is 9.95. The zero-order chi connectivity index (χ0) is 27.4. The zero-order valence-corrected chi connectivity index (χ0v) is 25.8. The fraction of sp³-hybridized carbons (Fsp3) is 0.172. The van der Waals surface area contributed by atoms with Crippen molar-refractivity contribution in [1.29, 1.82) is 0 Å². The molecule has 0 saturated heterocycles. The average molecular weight is 763 g/mol. The van der Waals surface area contributed by atoms with Crippen LogP contribution in [0.4, 0.5) is 16.4 Å². The number of rotatable bonds is 8. The molecule has 198 valence electrons. The van der Waals surface area contributed by atoms with Crippen LogP contribution in [0.1, 0.15) is 44.8 Å². The average Bonchev–Trinajstić information content (AvgIpc) is 3.30. The molecule has 1 N–H and O–H groups in total. The van der Waals surface area contributed by atoms with Crippen molar-refractivity contribution in [3.05, 3.63) is 111 Å². The van der Waals surface area contributed by atoms with Gasteiger partial charge in [-0.3, -0.25) is 14.9 Å². The fourth-order valence-electron chi connectivity index (χ4n) is 4.42. The number of fused-ring (bicyclic) bond motifs is 1. The molecule has 0 fully saturated rings. The van der Waals surface area contributed by atoms with Crippen LogP contribution in [-0.4, -0.2) is 17.0 Å². The van der Waals surface area contributed by atoms with Crippen molar-refractivity contribution in [1.82, 2.24) is 0 Å². The number of aliphatic imine (C=N–C) groups is 1. The number of amides is 1. The maximum atomic E-state index is 13.4. The van der Waals surface area contributed by atoms with Crippen molar-refractivity contribution in [2.75, 3.05) is 5.32 Å². The van der Waals surface area contributed by atoms with E-state index in [0.29, 0.717) is 16.3 Å². The van der Waals surface area contributed by atoms with Gasteiger partial charge in [-0.2, -0.15) is 0 Å². The Kier molecular flexibility index (Phi) is 8.92. The number of para-hydroxylation sites is 1. The number of halogens is 2. The van der Waals surface area contributed by atoms with Crippen LogP contribution in [0, 0.1) is 17.3 Å². The Balaban J connectivity index is 1.44. The number of nitro benzene ring substituents is 1. The van der Waals surface area contributed by atoms with Crippen molar-refractivity contribution in [2.24, 2.45) is 4.99 Å². The van der Waals surface area contributed by atoms with Crippen LogP contribution < -0.4 is 10.1 Å². The summed E-state index contributed by atoms with van der Waals surface area (Å²) in [7, 11) is 0. The highest BCUT2D eigenvalue weighted by Crippen LogP contribution is 2.40. The van der Waals surface area contributed by atoms with Crippen LogP contribution in [0.3, 0.4) is 0 Å². The minimum atomic E-state index is -0.419. The molecule has 0 spiro atoms. The molecule has 4 aromatic rings. The molecule has 1 aliphatic rings. The Morgan fingerprint density at radius 2 is 1.82 bits per heavy atom. The largest absolute Gasteiger partial charge is 0.487 e. The Labute approximate surface area is 257 Å². The van der Waals surface area contributed by atoms with Gasteiger partial charge in [0.25, 0.3) is 11.6 Å². The molecule has 5 rings (SSSR count). The number of carbonyl (C=O) groups is 1. The minimum Gasteiger partial charge on any atom is -0.487 e. The molecular formula is C29H23I2N3O4S. The Hall–Kier alpha value is -2.84. The number of benzene rings is 3. The molecule has 1 aliphatic carbocycles. The van der Waals surface area contributed by atoms with Gasteiger partial charge >= 0.3 is 0 Å². The number of non-ortho nitro benzene ring substituents is 1. The van der Waals surface area contributed by atoms with Gasteiger partial charge in [-0.1, -0.05) is 18.2 Å². The van der Waals surface area contributed by atoms with E-state index in [2.05, 4.69) is 50.5 Å². The normalized spacial score (nSPS) is 12.8. The summed E-state index contributed by atoms with van der Waals surface area (Å²) in [4.78, 5) is 30.1. The number of nitrogens with one attached hydrogen (secondary N) is 1. The topological polar surface area (TPSA) is 93.8 Å². The third-order valence-electron chi connectivity index (χ3n) is 6.30. The number of thiophene rings is 1. The summed E-state index contributed by atoms with van der Waals surface area (Å²) in [6.07, 6.45) is 5.79. The first-order valence-corrected chi connectivity index (χ1v) is 15.3. The molecule has 0 unspecified atom stereocenters. The SMILES string of the molecule is O=C(Nc1ccccc1)c1c(N=Cc2cc(I)cc(I)c2OCc2ccc([N+](=O)[O-])cc2)sc2c1CCCC2. The van der Waals surface area contributed by atoms with Gasteiger partial charge in [-0.25, -0.2) is 4.99 Å². The van der Waals surface area contributed by atoms with Crippen molar-refractivity contribution in [2.45, 2.75) is 32.3 Å². The molecular weight excluding hydrogens is 740 g/mol. The van der Waals surface area contributed by atoms with Gasteiger partial charge in [0.2, 0.25) is 0 Å². The van der Waals surface area contributed by atoms with E-state index in [9.17, 15) is 14.9 Å². The quantitative estimate of drug-likeness (QED) is 0.0846. The van der Waals surface area contributed by atoms with E-state index in [1.54, 1.807) is 29.7 Å². The molecule has 10 heteroatoms. The number of nitrogens with zero attached hydrogens (tertiary/aromatic N) is 2. The first-order chi connectivity index (χ1) is 18.9. The van der Waals surface area contributed by atoms with Crippen molar-refractivity contribution >= 4 is 85.0 Å². The second kappa shape index (κ2) is 12.6. The van der Waals surface area contributed by atoms with Crippen molar-refractivity contribution in [3.8, 4) is 5.75 Å². The number of nitro groups is 1. The Morgan fingerprint density at radius 1 is 1.08 bits per heavy atom. The van der Waals surface area contributed by atoms with Crippen LogP contribution in [-0.2, 0) is 19.4 Å². The number of ether oxygens (including phenoxy) is 1. The van der Waals surface area contributed by atoms with Gasteiger partial charge in [-0.15, -0.1) is 11.3 Å². The number of anilines is 1. The predicted octanol–water partition coefficient (Wildman–Crippen LogP) is 8.33. The molecule has 0 atom stereocenters. The maximum absolute atomic E-state index is 13.4. The lowest BCUT2D eigenvalue weighted by Crippen LogP contribution is -2.14. The second-order valence-electron chi connectivity index (χ2n) is 8.99. The van der Waals surface area contributed by atoms with Crippen molar-refractivity contribution in [3.63, 3.8) is 0 Å². The summed E-state index contributed by atoms with van der Waals surface area (Å²) in [6, 6.07) is 19.8. The molecule has 1 amide bonds. The summed E-state index contributed by atoms with van der Waals surface area (Å²) in [5.41, 5.74) is 4.18.